The molecule has 6 heterocycles. The Morgan fingerprint density at radius 3 is 1.28 bits per heavy atom. The van der Waals surface area contributed by atoms with Gasteiger partial charge >= 0.3 is 18.3 Å². The summed E-state index contributed by atoms with van der Waals surface area (Å²) in [5, 5.41) is 30.9. The topological polar surface area (TPSA) is 307 Å². The number of allylic oxidation sites excluding steroid dienone is 3. The van der Waals surface area contributed by atoms with E-state index in [0.29, 0.717) is 56.3 Å². The van der Waals surface area contributed by atoms with Crippen LogP contribution in [-0.4, -0.2) is 157 Å². The molecule has 21 atom stereocenters. The van der Waals surface area contributed by atoms with Crippen LogP contribution in [0.1, 0.15) is 122 Å². The SMILES string of the molecule is CCOC(=O)N[C@@H]1CC[C@@H]2[C@@H](C1)C[C@@H]1[C@H]([C@H]2/C=C/c2ccc(-c3cccc(F)c3)cn2)[C@@H](C)S(=O)(=O)N1C.CCOC(=O)N[C@@H]1CC[C@@H]2[C@@H](C1)C[C@@H]1[C@H]([C@H]2/C=C/c2ccc(-c3cccc(F)c3)cn2)[C@@H](CO)NS1(=O)=O.CCOC(=O)N[C@@H]1CC[C@@H]2[C@@H](C1)C[C@H]1C(=O)N[C@H](CO)[C@H]1[C@H]2/C=C/c1ccc(-c2cccc(F)c2)cn1. The van der Waals surface area contributed by atoms with E-state index in [1.165, 1.54) is 36.4 Å². The van der Waals surface area contributed by atoms with E-state index in [1.807, 2.05) is 79.7 Å². The van der Waals surface area contributed by atoms with Crippen molar-refractivity contribution in [1.29, 1.82) is 0 Å². The molecule has 113 heavy (non-hydrogen) atoms. The summed E-state index contributed by atoms with van der Waals surface area (Å²) in [6, 6.07) is 29.8. The van der Waals surface area contributed by atoms with Crippen molar-refractivity contribution in [2.45, 2.75) is 151 Å². The molecule has 4 amide bonds. The number of ether oxygens (including phenoxy) is 3. The number of hydrogen-bond donors (Lipinski definition) is 7. The van der Waals surface area contributed by atoms with Crippen LogP contribution in [-0.2, 0) is 39.1 Å². The third kappa shape index (κ3) is 18.8. The van der Waals surface area contributed by atoms with Crippen LogP contribution in [0.5, 0.6) is 0 Å². The standard InChI is InChI=1S/C29H36FN3O4S.C29H34FN3O4.C28H34FN3O5S/c1-4-37-29(34)32-24-11-12-25-21(15-24)16-27-28(18(2)38(35,36)33(27)3)26(25)13-10-23-9-8-20(17-31-23)19-6-5-7-22(30)14-19;1-2-37-29(36)32-22-9-10-23-19(13-22)14-25-27(26(16-34)33-28(25)35)24(23)11-8-21-7-6-18(15-31-21)17-4-3-5-20(30)12-17;1-2-37-28(34)31-22-9-10-23-19(13-22)14-26-27(25(16-33)32-38(26,35)36)24(23)11-8-21-7-6-18(15-30-21)17-4-3-5-20(29)12-17/h5-10,13-14,17-18,21,24-28H,4,11-12,15-16H2,1-3H3,(H,32,34);3-8,11-12,15,19,22-27,34H,2,9-10,13-14,16H2,1H3,(H,32,36)(H,33,35);3-8,11-12,15,19,22-27,32-33H,2,9-10,13-14,16H2,1H3,(H,31,34)/b13-10+;2*11-8+/t18-,21+,24-,25-,26+,27-,28+;19-,22+,23+,24-,25+,26+,27-;19-,22+,23+,24-,25+,26+,27+/m100/s1. The molecule has 6 aliphatic carbocycles. The molecule has 0 radical (unpaired) electrons. The predicted octanol–water partition coefficient (Wildman–Crippen LogP) is 13.0. The van der Waals surface area contributed by atoms with Gasteiger partial charge in [0.1, 0.15) is 17.5 Å². The number of pyridine rings is 3. The maximum Gasteiger partial charge on any atom is 0.407 e. The Hall–Kier alpha value is -8.86. The van der Waals surface area contributed by atoms with Crippen LogP contribution in [0, 0.1) is 94.4 Å². The molecule has 9 fully saturated rings. The average molecular weight is 1590 g/mol. The highest BCUT2D eigenvalue weighted by Gasteiger charge is 2.60. The number of fused-ring (bicyclic) bond motifs is 6. The molecule has 3 saturated heterocycles. The van der Waals surface area contributed by atoms with Gasteiger partial charge in [-0.05, 0) is 259 Å². The normalized spacial score (nSPS) is 31.8. The Kier molecular flexibility index (Phi) is 26.4. The van der Waals surface area contributed by atoms with E-state index in [4.69, 9.17) is 14.2 Å². The van der Waals surface area contributed by atoms with E-state index in [9.17, 15) is 59.4 Å². The summed E-state index contributed by atoms with van der Waals surface area (Å²) in [7, 11) is -5.22. The molecule has 0 spiro atoms. The minimum atomic E-state index is -3.57. The maximum atomic E-state index is 13.6. The fourth-order valence-electron chi connectivity index (χ4n) is 20.6. The first-order chi connectivity index (χ1) is 54.4. The lowest BCUT2D eigenvalue weighted by molar-refractivity contribution is -0.125. The first-order valence-electron chi connectivity index (χ1n) is 39.9. The highest BCUT2D eigenvalue weighted by molar-refractivity contribution is 7.90. The van der Waals surface area contributed by atoms with Crippen LogP contribution in [0.25, 0.3) is 51.6 Å². The van der Waals surface area contributed by atoms with Gasteiger partial charge in [0, 0.05) is 84.4 Å². The van der Waals surface area contributed by atoms with Crippen LogP contribution in [0.2, 0.25) is 0 Å². The number of nitrogens with zero attached hydrogens (tertiary/aromatic N) is 4. The summed E-state index contributed by atoms with van der Waals surface area (Å²) in [6.07, 6.45) is 25.9. The van der Waals surface area contributed by atoms with Crippen molar-refractivity contribution in [1.82, 2.24) is 45.2 Å². The van der Waals surface area contributed by atoms with Gasteiger partial charge in [0.25, 0.3) is 0 Å². The summed E-state index contributed by atoms with van der Waals surface area (Å²) >= 11 is 0. The molecule has 0 bridgehead atoms. The second-order valence-corrected chi connectivity index (χ2v) is 36.1. The van der Waals surface area contributed by atoms with Crippen LogP contribution in [0.3, 0.4) is 0 Å². The Labute approximate surface area is 660 Å². The van der Waals surface area contributed by atoms with E-state index >= 15 is 0 Å². The summed E-state index contributed by atoms with van der Waals surface area (Å²) in [5.74, 6) is 0.504. The van der Waals surface area contributed by atoms with E-state index in [-0.39, 0.29) is 132 Å². The number of sulfonamides is 2. The number of nitrogens with one attached hydrogen (secondary N) is 5. The molecule has 22 nitrogen and oxygen atoms in total. The molecular weight excluding hydrogens is 1490 g/mol. The maximum absolute atomic E-state index is 13.6. The quantitative estimate of drug-likeness (QED) is 0.0417. The molecule has 604 valence electrons. The smallest absolute Gasteiger partial charge is 0.407 e. The number of carbonyl (C=O) groups is 4. The molecule has 6 saturated carbocycles. The number of halogens is 3. The molecule has 0 unspecified atom stereocenters. The lowest BCUT2D eigenvalue weighted by Crippen LogP contribution is -2.50. The summed E-state index contributed by atoms with van der Waals surface area (Å²) in [4.78, 5) is 62.5. The molecule has 15 rings (SSSR count). The number of benzene rings is 3. The predicted molar refractivity (Wildman–Crippen MR) is 424 cm³/mol. The Balaban J connectivity index is 0.000000148. The lowest BCUT2D eigenvalue weighted by atomic mass is 9.56. The second-order valence-electron chi connectivity index (χ2n) is 31.8. The molecule has 27 heteroatoms. The van der Waals surface area contributed by atoms with Gasteiger partial charge in [-0.1, -0.05) is 72.8 Å². The molecule has 3 aromatic carbocycles. The summed E-state index contributed by atoms with van der Waals surface area (Å²) in [6.45, 7) is 7.81. The lowest BCUT2D eigenvalue weighted by Gasteiger charge is -2.49. The number of rotatable bonds is 17. The Morgan fingerprint density at radius 1 is 0.513 bits per heavy atom. The van der Waals surface area contributed by atoms with E-state index in [2.05, 4.69) is 59.2 Å². The number of aliphatic hydroxyl groups is 2. The van der Waals surface area contributed by atoms with Crippen LogP contribution in [0.15, 0.2) is 146 Å². The molecule has 3 aliphatic heterocycles. The molecule has 6 aromatic rings. The van der Waals surface area contributed by atoms with Crippen molar-refractivity contribution in [2.75, 3.05) is 40.1 Å². The van der Waals surface area contributed by atoms with Gasteiger partial charge in [-0.15, -0.1) is 0 Å². The summed E-state index contributed by atoms with van der Waals surface area (Å²) in [5.41, 5.74) is 7.05. The van der Waals surface area contributed by atoms with Crippen molar-refractivity contribution >= 4 is 62.5 Å². The van der Waals surface area contributed by atoms with Gasteiger partial charge in [-0.25, -0.2) is 53.4 Å². The minimum Gasteiger partial charge on any atom is -0.450 e. The molecule has 3 aromatic heterocycles. The van der Waals surface area contributed by atoms with E-state index in [1.54, 1.807) is 68.9 Å². The van der Waals surface area contributed by atoms with Gasteiger partial charge in [-0.2, -0.15) is 0 Å². The van der Waals surface area contributed by atoms with E-state index in [0.717, 1.165) is 115 Å². The van der Waals surface area contributed by atoms with Crippen molar-refractivity contribution in [3.05, 3.63) is 181 Å². The molecule has 7 N–H and O–H groups in total. The highest BCUT2D eigenvalue weighted by Crippen LogP contribution is 2.56. The van der Waals surface area contributed by atoms with E-state index < -0.39 is 42.7 Å². The molecule has 9 aliphatic rings. The van der Waals surface area contributed by atoms with Crippen LogP contribution in [0.4, 0.5) is 27.6 Å². The third-order valence-electron chi connectivity index (χ3n) is 25.6. The van der Waals surface area contributed by atoms with Crippen molar-refractivity contribution in [3.8, 4) is 33.4 Å². The zero-order valence-corrected chi connectivity index (χ0v) is 66.0. The number of hydrogen-bond acceptors (Lipinski definition) is 16. The van der Waals surface area contributed by atoms with Gasteiger partial charge in [0.2, 0.25) is 26.0 Å². The number of aromatic nitrogens is 3. The van der Waals surface area contributed by atoms with Crippen molar-refractivity contribution < 1.29 is 73.6 Å². The van der Waals surface area contributed by atoms with Gasteiger partial charge in [-0.3, -0.25) is 19.7 Å². The number of amides is 4. The van der Waals surface area contributed by atoms with Gasteiger partial charge in [0.15, 0.2) is 0 Å². The Bertz CT molecular complexity index is 4550. The number of alkyl carbamates (subject to hydrolysis) is 3. The van der Waals surface area contributed by atoms with Gasteiger partial charge in [0.05, 0.1) is 66.7 Å². The monoisotopic (exact) mass is 1590 g/mol. The fraction of sp³-hybridized carbons (Fsp3) is 0.500. The number of carbonyl (C=O) groups excluding carboxylic acids is 4. The van der Waals surface area contributed by atoms with Crippen LogP contribution >= 0.6 is 0 Å². The van der Waals surface area contributed by atoms with Crippen LogP contribution < -0.4 is 26.0 Å². The highest BCUT2D eigenvalue weighted by atomic mass is 32.2. The summed E-state index contributed by atoms with van der Waals surface area (Å²) < 4.78 is 113. The third-order valence-corrected chi connectivity index (χ3v) is 29.9. The first kappa shape index (κ1) is 82.1. The fourth-order valence-corrected chi connectivity index (χ4v) is 24.6. The Morgan fingerprint density at radius 2 is 0.903 bits per heavy atom. The number of aliphatic hydroxyl groups excluding tert-OH is 2. The van der Waals surface area contributed by atoms with Crippen molar-refractivity contribution in [3.63, 3.8) is 0 Å². The van der Waals surface area contributed by atoms with Gasteiger partial charge < -0.3 is 45.7 Å². The second kappa shape index (κ2) is 36.3. The minimum absolute atomic E-state index is 0.00336. The zero-order chi connectivity index (χ0) is 79.8. The zero-order valence-electron chi connectivity index (χ0n) is 64.4. The average Bonchev–Trinajstić information content (AvgIpc) is 1.59. The van der Waals surface area contributed by atoms with Crippen molar-refractivity contribution in [2.24, 2.45) is 76.9 Å². The molecular formula is C86H104F3N9O13S2. The largest absolute Gasteiger partial charge is 0.450 e. The first-order valence-corrected chi connectivity index (χ1v) is 43.0.